The lowest BCUT2D eigenvalue weighted by Crippen LogP contribution is -2.21. The Bertz CT molecular complexity index is 111. The zero-order chi connectivity index (χ0) is 6.57. The van der Waals surface area contributed by atoms with Crippen molar-refractivity contribution in [1.29, 1.82) is 0 Å². The summed E-state index contributed by atoms with van der Waals surface area (Å²) in [6.45, 7) is 1.54. The summed E-state index contributed by atoms with van der Waals surface area (Å²) in [4.78, 5) is 10.1. The van der Waals surface area contributed by atoms with Gasteiger partial charge in [0.15, 0.2) is 0 Å². The Labute approximate surface area is 47.0 Å². The second-order valence-corrected chi connectivity index (χ2v) is 1.46. The predicted molar refractivity (Wildman–Crippen MR) is 28.6 cm³/mol. The molecule has 0 bridgehead atoms. The van der Waals surface area contributed by atoms with Crippen molar-refractivity contribution in [2.75, 3.05) is 0 Å². The molecule has 0 radical (unpaired) electrons. The van der Waals surface area contributed by atoms with Crippen LogP contribution in [0.15, 0.2) is 5.16 Å². The highest BCUT2D eigenvalue weighted by Crippen LogP contribution is 1.84. The van der Waals surface area contributed by atoms with Gasteiger partial charge in [-0.25, -0.2) is 0 Å². The van der Waals surface area contributed by atoms with Crippen LogP contribution in [0, 0.1) is 5.92 Å². The third-order valence-corrected chi connectivity index (χ3v) is 0.739. The number of oxime groups is 1. The first kappa shape index (κ1) is 6.94. The maximum absolute atomic E-state index is 10.1. The van der Waals surface area contributed by atoms with E-state index in [-0.39, 0.29) is 0 Å². The molecule has 0 aliphatic heterocycles. The first-order valence-electron chi connectivity index (χ1n) is 2.15. The molecule has 0 aromatic carbocycles. The molecule has 8 heavy (non-hydrogen) atoms. The van der Waals surface area contributed by atoms with Crippen molar-refractivity contribution in [1.82, 2.24) is 0 Å². The number of carbonyl (C=O) groups excluding carboxylic acids is 1. The SMILES string of the molecule is CC(C=NO)C(N)=O. The number of carbonyl (C=O) groups is 1. The van der Waals surface area contributed by atoms with E-state index in [9.17, 15) is 4.79 Å². The van der Waals surface area contributed by atoms with Crippen LogP contribution < -0.4 is 5.73 Å². The molecule has 0 heterocycles. The summed E-state index contributed by atoms with van der Waals surface area (Å²) in [5.41, 5.74) is 4.78. The van der Waals surface area contributed by atoms with Crippen LogP contribution >= 0.6 is 0 Å². The van der Waals surface area contributed by atoms with Crippen LogP contribution in [-0.4, -0.2) is 17.3 Å². The maximum Gasteiger partial charge on any atom is 0.225 e. The Morgan fingerprint density at radius 3 is 2.62 bits per heavy atom. The Morgan fingerprint density at radius 2 is 2.50 bits per heavy atom. The Balaban J connectivity index is 3.64. The zero-order valence-corrected chi connectivity index (χ0v) is 4.53. The highest BCUT2D eigenvalue weighted by atomic mass is 16.4. The fourth-order valence-electron chi connectivity index (χ4n) is 0.173. The second kappa shape index (κ2) is 3.01. The molecule has 3 N–H and O–H groups in total. The van der Waals surface area contributed by atoms with Gasteiger partial charge in [-0.2, -0.15) is 0 Å². The van der Waals surface area contributed by atoms with Crippen LogP contribution in [0.2, 0.25) is 0 Å². The molecule has 0 aromatic rings. The molecular formula is C4H8N2O2. The molecule has 0 rings (SSSR count). The largest absolute Gasteiger partial charge is 0.411 e. The summed E-state index contributed by atoms with van der Waals surface area (Å²) >= 11 is 0. The maximum atomic E-state index is 10.1. The van der Waals surface area contributed by atoms with Crippen molar-refractivity contribution in [2.24, 2.45) is 16.8 Å². The molecule has 46 valence electrons. The van der Waals surface area contributed by atoms with Gasteiger partial charge in [-0.1, -0.05) is 0 Å². The van der Waals surface area contributed by atoms with Crippen molar-refractivity contribution >= 4 is 12.1 Å². The first-order chi connectivity index (χ1) is 3.68. The smallest absolute Gasteiger partial charge is 0.225 e. The van der Waals surface area contributed by atoms with E-state index in [4.69, 9.17) is 10.9 Å². The van der Waals surface area contributed by atoms with E-state index in [1.165, 1.54) is 0 Å². The van der Waals surface area contributed by atoms with Gasteiger partial charge in [0.2, 0.25) is 5.91 Å². The molecule has 1 unspecified atom stereocenters. The summed E-state index contributed by atoms with van der Waals surface area (Å²) < 4.78 is 0. The van der Waals surface area contributed by atoms with Crippen LogP contribution in [-0.2, 0) is 4.79 Å². The number of nitrogens with two attached hydrogens (primary N) is 1. The predicted octanol–water partition coefficient (Wildman–Crippen LogP) is -0.432. The normalized spacial score (nSPS) is 14.1. The highest BCUT2D eigenvalue weighted by Gasteiger charge is 2.02. The molecule has 0 saturated heterocycles. The van der Waals surface area contributed by atoms with Gasteiger partial charge < -0.3 is 10.9 Å². The van der Waals surface area contributed by atoms with Crippen LogP contribution in [0.5, 0.6) is 0 Å². The summed E-state index contributed by atoms with van der Waals surface area (Å²) in [7, 11) is 0. The average molecular weight is 116 g/mol. The van der Waals surface area contributed by atoms with E-state index < -0.39 is 11.8 Å². The van der Waals surface area contributed by atoms with Crippen LogP contribution in [0.1, 0.15) is 6.92 Å². The van der Waals surface area contributed by atoms with E-state index >= 15 is 0 Å². The topological polar surface area (TPSA) is 75.7 Å². The van der Waals surface area contributed by atoms with Gasteiger partial charge in [0.1, 0.15) is 0 Å². The summed E-state index contributed by atoms with van der Waals surface area (Å²) in [5, 5.41) is 10.5. The van der Waals surface area contributed by atoms with Crippen molar-refractivity contribution in [3.05, 3.63) is 0 Å². The molecule has 0 spiro atoms. The Hall–Kier alpha value is -1.06. The molecule has 0 saturated carbocycles. The molecule has 0 fully saturated rings. The Kier molecular flexibility index (Phi) is 2.61. The lowest BCUT2D eigenvalue weighted by atomic mass is 10.2. The second-order valence-electron chi connectivity index (χ2n) is 1.46. The summed E-state index contributed by atoms with van der Waals surface area (Å²) in [5.74, 6) is -0.984. The molecule has 1 amide bonds. The molecule has 4 heteroatoms. The van der Waals surface area contributed by atoms with Crippen LogP contribution in [0.4, 0.5) is 0 Å². The van der Waals surface area contributed by atoms with Gasteiger partial charge in [0.05, 0.1) is 12.1 Å². The highest BCUT2D eigenvalue weighted by molar-refractivity contribution is 5.91. The summed E-state index contributed by atoms with van der Waals surface area (Å²) in [6.07, 6.45) is 1.07. The van der Waals surface area contributed by atoms with E-state index in [2.05, 4.69) is 5.16 Å². The van der Waals surface area contributed by atoms with Gasteiger partial charge in [0.25, 0.3) is 0 Å². The first-order valence-corrected chi connectivity index (χ1v) is 2.15. The zero-order valence-electron chi connectivity index (χ0n) is 4.53. The quantitative estimate of drug-likeness (QED) is 0.292. The average Bonchev–Trinajstić information content (AvgIpc) is 1.67. The minimum absolute atomic E-state index is 0.486. The van der Waals surface area contributed by atoms with Crippen LogP contribution in [0.25, 0.3) is 0 Å². The minimum Gasteiger partial charge on any atom is -0.411 e. The van der Waals surface area contributed by atoms with E-state index in [0.717, 1.165) is 6.21 Å². The van der Waals surface area contributed by atoms with Gasteiger partial charge in [0, 0.05) is 0 Å². The van der Waals surface area contributed by atoms with Gasteiger partial charge in [-0.3, -0.25) is 4.79 Å². The fraction of sp³-hybridized carbons (Fsp3) is 0.500. The van der Waals surface area contributed by atoms with Crippen molar-refractivity contribution in [3.8, 4) is 0 Å². The minimum atomic E-state index is -0.497. The fourth-order valence-corrected chi connectivity index (χ4v) is 0.173. The monoisotopic (exact) mass is 116 g/mol. The molecule has 0 aromatic heterocycles. The third kappa shape index (κ3) is 2.17. The van der Waals surface area contributed by atoms with E-state index in [0.29, 0.717) is 0 Å². The molecule has 0 aliphatic carbocycles. The standard InChI is InChI=1S/C4H8N2O2/c1-3(2-6-8)4(5)7/h2-3,8H,1H3,(H2,5,7). The van der Waals surface area contributed by atoms with Gasteiger partial charge in [-0.05, 0) is 6.92 Å². The molecular weight excluding hydrogens is 108 g/mol. The van der Waals surface area contributed by atoms with E-state index in [1.54, 1.807) is 6.92 Å². The summed E-state index contributed by atoms with van der Waals surface area (Å²) in [6, 6.07) is 0. The third-order valence-electron chi connectivity index (χ3n) is 0.739. The van der Waals surface area contributed by atoms with Crippen molar-refractivity contribution in [3.63, 3.8) is 0 Å². The van der Waals surface area contributed by atoms with Crippen LogP contribution in [0.3, 0.4) is 0 Å². The van der Waals surface area contributed by atoms with Gasteiger partial charge in [-0.15, -0.1) is 5.16 Å². The Morgan fingerprint density at radius 1 is 2.00 bits per heavy atom. The number of amides is 1. The van der Waals surface area contributed by atoms with Crippen molar-refractivity contribution < 1.29 is 10.0 Å². The molecule has 1 atom stereocenters. The number of nitrogens with zero attached hydrogens (tertiary/aromatic N) is 1. The number of primary amides is 1. The van der Waals surface area contributed by atoms with Crippen molar-refractivity contribution in [2.45, 2.75) is 6.92 Å². The number of rotatable bonds is 2. The lowest BCUT2D eigenvalue weighted by molar-refractivity contribution is -0.119. The van der Waals surface area contributed by atoms with Gasteiger partial charge >= 0.3 is 0 Å². The number of hydrogen-bond donors (Lipinski definition) is 2. The number of hydrogen-bond acceptors (Lipinski definition) is 3. The van der Waals surface area contributed by atoms with E-state index in [1.807, 2.05) is 0 Å². The molecule has 4 nitrogen and oxygen atoms in total. The molecule has 0 aliphatic rings. The lowest BCUT2D eigenvalue weighted by Gasteiger charge is -1.93.